The lowest BCUT2D eigenvalue weighted by atomic mass is 9.44. The zero-order chi connectivity index (χ0) is 24.1. The van der Waals surface area contributed by atoms with Gasteiger partial charge in [-0.3, -0.25) is 14.4 Å². The van der Waals surface area contributed by atoms with Crippen molar-refractivity contribution in [3.8, 4) is 0 Å². The molecule has 10 atom stereocenters. The fraction of sp³-hybridized carbons (Fsp3) is 0.885. The van der Waals surface area contributed by atoms with E-state index in [-0.39, 0.29) is 53.7 Å². The van der Waals surface area contributed by atoms with Crippen molar-refractivity contribution in [1.82, 2.24) is 0 Å². The van der Waals surface area contributed by atoms with Crippen LogP contribution in [0.1, 0.15) is 79.6 Å². The molecule has 0 saturated heterocycles. The zero-order valence-electron chi connectivity index (χ0n) is 20.9. The number of esters is 3. The van der Waals surface area contributed by atoms with Crippen LogP contribution in [0.15, 0.2) is 0 Å². The highest BCUT2D eigenvalue weighted by atomic mass is 16.6. The van der Waals surface area contributed by atoms with Crippen LogP contribution in [0.5, 0.6) is 0 Å². The molecule has 0 spiro atoms. The molecule has 186 valence electrons. The first kappa shape index (κ1) is 24.5. The van der Waals surface area contributed by atoms with E-state index in [4.69, 9.17) is 18.9 Å². The summed E-state index contributed by atoms with van der Waals surface area (Å²) in [5.41, 5.74) is -0.328. The molecule has 0 radical (unpaired) electrons. The van der Waals surface area contributed by atoms with Crippen LogP contribution in [0.2, 0.25) is 0 Å². The van der Waals surface area contributed by atoms with Crippen LogP contribution in [0.3, 0.4) is 0 Å². The fourth-order valence-electron chi connectivity index (χ4n) is 8.55. The van der Waals surface area contributed by atoms with Gasteiger partial charge in [-0.05, 0) is 61.7 Å². The number of rotatable bonds is 4. The van der Waals surface area contributed by atoms with E-state index in [0.29, 0.717) is 24.2 Å². The fourth-order valence-corrected chi connectivity index (χ4v) is 8.55. The Hall–Kier alpha value is -1.63. The summed E-state index contributed by atoms with van der Waals surface area (Å²) in [5, 5.41) is 0. The van der Waals surface area contributed by atoms with Crippen LogP contribution >= 0.6 is 0 Å². The number of carbonyl (C=O) groups is 3. The van der Waals surface area contributed by atoms with Crippen molar-refractivity contribution >= 4 is 17.9 Å². The first-order valence-corrected chi connectivity index (χ1v) is 12.5. The Kier molecular flexibility index (Phi) is 6.58. The van der Waals surface area contributed by atoms with Crippen molar-refractivity contribution in [2.24, 2.45) is 34.5 Å². The first-order valence-electron chi connectivity index (χ1n) is 12.5. The van der Waals surface area contributed by atoms with Crippen molar-refractivity contribution < 1.29 is 33.3 Å². The molecule has 0 aromatic carbocycles. The van der Waals surface area contributed by atoms with E-state index in [1.807, 2.05) is 0 Å². The molecule has 0 aliphatic heterocycles. The smallest absolute Gasteiger partial charge is 0.302 e. The van der Waals surface area contributed by atoms with Crippen LogP contribution in [-0.2, 0) is 33.3 Å². The van der Waals surface area contributed by atoms with Gasteiger partial charge in [-0.15, -0.1) is 0 Å². The lowest BCUT2D eigenvalue weighted by Gasteiger charge is -2.62. The Labute approximate surface area is 197 Å². The van der Waals surface area contributed by atoms with E-state index < -0.39 is 5.41 Å². The molecule has 0 heterocycles. The average Bonchev–Trinajstić information content (AvgIpc) is 3.00. The predicted molar refractivity (Wildman–Crippen MR) is 120 cm³/mol. The van der Waals surface area contributed by atoms with Gasteiger partial charge in [-0.2, -0.15) is 0 Å². The molecule has 33 heavy (non-hydrogen) atoms. The van der Waals surface area contributed by atoms with E-state index in [0.717, 1.165) is 38.5 Å². The lowest BCUT2D eigenvalue weighted by Crippen LogP contribution is -2.61. The van der Waals surface area contributed by atoms with Gasteiger partial charge in [-0.1, -0.05) is 13.8 Å². The maximum absolute atomic E-state index is 12.2. The Bertz CT molecular complexity index is 796. The minimum absolute atomic E-state index is 0.00612. The van der Waals surface area contributed by atoms with E-state index in [1.165, 1.54) is 20.8 Å². The van der Waals surface area contributed by atoms with Crippen molar-refractivity contribution in [2.45, 2.75) is 104 Å². The molecule has 4 rings (SSSR count). The third kappa shape index (κ3) is 4.08. The standard InChI is InChI=1S/C26H40O7/c1-14(27)31-18-9-10-25(4)17(11-18)7-8-19-20(25)12-23(33-16(3)29)26(5)22(30-6)13-21(24(19)26)32-15(2)28/h17-24H,7-13H2,1-6H3/t17-,18+,19+,20+,21-,22+,23+,24-,25-,26-/m0/s1. The summed E-state index contributed by atoms with van der Waals surface area (Å²) in [6.45, 7) is 8.98. The van der Waals surface area contributed by atoms with E-state index in [1.54, 1.807) is 7.11 Å². The number of fused-ring (bicyclic) bond motifs is 5. The van der Waals surface area contributed by atoms with Crippen LogP contribution in [-0.4, -0.2) is 49.4 Å². The minimum atomic E-state index is -0.403. The van der Waals surface area contributed by atoms with Crippen LogP contribution < -0.4 is 0 Å². The van der Waals surface area contributed by atoms with Gasteiger partial charge in [0, 0.05) is 45.6 Å². The normalized spacial score (nSPS) is 46.4. The Balaban J connectivity index is 1.69. The van der Waals surface area contributed by atoms with Gasteiger partial charge in [0.15, 0.2) is 0 Å². The highest BCUT2D eigenvalue weighted by Gasteiger charge is 2.68. The molecule has 4 aliphatic rings. The summed E-state index contributed by atoms with van der Waals surface area (Å²) in [7, 11) is 1.70. The van der Waals surface area contributed by atoms with E-state index in [2.05, 4.69) is 13.8 Å². The highest BCUT2D eigenvalue weighted by Crippen LogP contribution is 2.67. The van der Waals surface area contributed by atoms with E-state index in [9.17, 15) is 14.4 Å². The molecule has 0 bridgehead atoms. The molecule has 0 unspecified atom stereocenters. The molecular formula is C26H40O7. The SMILES string of the molecule is CO[C@@H]1C[C@H](OC(C)=O)[C@@H]2[C@@H]3CC[C@H]4C[C@H](OC(C)=O)CC[C@]4(C)[C@@H]3C[C@@H](OC(C)=O)[C@@]21C. The number of ether oxygens (including phenoxy) is 4. The summed E-state index contributed by atoms with van der Waals surface area (Å²) >= 11 is 0. The molecule has 7 heteroatoms. The molecular weight excluding hydrogens is 424 g/mol. The Morgan fingerprint density at radius 3 is 2.06 bits per heavy atom. The summed E-state index contributed by atoms with van der Waals surface area (Å²) in [6.07, 6.45) is 5.63. The second-order valence-electron chi connectivity index (χ2n) is 11.4. The molecule has 4 saturated carbocycles. The molecule has 0 aromatic heterocycles. The molecule has 4 aliphatic carbocycles. The van der Waals surface area contributed by atoms with Crippen molar-refractivity contribution in [3.05, 3.63) is 0 Å². The highest BCUT2D eigenvalue weighted by molar-refractivity contribution is 5.67. The van der Waals surface area contributed by atoms with Gasteiger partial charge in [0.2, 0.25) is 0 Å². The first-order chi connectivity index (χ1) is 15.5. The van der Waals surface area contributed by atoms with Gasteiger partial charge in [0.25, 0.3) is 0 Å². The monoisotopic (exact) mass is 464 g/mol. The number of hydrogen-bond acceptors (Lipinski definition) is 7. The van der Waals surface area contributed by atoms with Crippen molar-refractivity contribution in [2.75, 3.05) is 7.11 Å². The van der Waals surface area contributed by atoms with Gasteiger partial charge < -0.3 is 18.9 Å². The predicted octanol–water partition coefficient (Wildman–Crippen LogP) is 4.06. The summed E-state index contributed by atoms with van der Waals surface area (Å²) in [5.74, 6) is 0.515. The zero-order valence-corrected chi connectivity index (χ0v) is 20.9. The topological polar surface area (TPSA) is 88.1 Å². The largest absolute Gasteiger partial charge is 0.463 e. The second-order valence-corrected chi connectivity index (χ2v) is 11.4. The van der Waals surface area contributed by atoms with Gasteiger partial charge >= 0.3 is 17.9 Å². The maximum atomic E-state index is 12.2. The van der Waals surface area contributed by atoms with E-state index >= 15 is 0 Å². The quantitative estimate of drug-likeness (QED) is 0.458. The lowest BCUT2D eigenvalue weighted by molar-refractivity contribution is -0.212. The van der Waals surface area contributed by atoms with Crippen molar-refractivity contribution in [3.63, 3.8) is 0 Å². The number of methoxy groups -OCH3 is 1. The number of hydrogen-bond donors (Lipinski definition) is 0. The van der Waals surface area contributed by atoms with Gasteiger partial charge in [0.1, 0.15) is 18.3 Å². The summed E-state index contributed by atoms with van der Waals surface area (Å²) in [6, 6.07) is 0. The minimum Gasteiger partial charge on any atom is -0.463 e. The Morgan fingerprint density at radius 2 is 1.45 bits per heavy atom. The maximum Gasteiger partial charge on any atom is 0.302 e. The summed E-state index contributed by atoms with van der Waals surface area (Å²) in [4.78, 5) is 35.7. The summed E-state index contributed by atoms with van der Waals surface area (Å²) < 4.78 is 23.4. The van der Waals surface area contributed by atoms with Crippen LogP contribution in [0.25, 0.3) is 0 Å². The molecule has 0 aromatic rings. The van der Waals surface area contributed by atoms with Crippen LogP contribution in [0, 0.1) is 34.5 Å². The molecule has 0 N–H and O–H groups in total. The molecule has 0 amide bonds. The van der Waals surface area contributed by atoms with Gasteiger partial charge in [-0.25, -0.2) is 0 Å². The average molecular weight is 465 g/mol. The molecule has 4 fully saturated rings. The van der Waals surface area contributed by atoms with Crippen LogP contribution in [0.4, 0.5) is 0 Å². The second kappa shape index (κ2) is 8.86. The third-order valence-electron chi connectivity index (χ3n) is 9.82. The van der Waals surface area contributed by atoms with Crippen molar-refractivity contribution in [1.29, 1.82) is 0 Å². The van der Waals surface area contributed by atoms with Gasteiger partial charge in [0.05, 0.1) is 6.10 Å². The number of carbonyl (C=O) groups excluding carboxylic acids is 3. The Morgan fingerprint density at radius 1 is 0.788 bits per heavy atom. The molecule has 7 nitrogen and oxygen atoms in total. The third-order valence-corrected chi connectivity index (χ3v) is 9.82.